The topological polar surface area (TPSA) is 59.1 Å². The Balaban J connectivity index is 2.23. The predicted molar refractivity (Wildman–Crippen MR) is 68.6 cm³/mol. The number of benzene rings is 1. The minimum absolute atomic E-state index is 0.135. The van der Waals surface area contributed by atoms with Crippen LogP contribution >= 0.6 is 22.9 Å². The monoisotopic (exact) mass is 268 g/mol. The van der Waals surface area contributed by atoms with Crippen LogP contribution < -0.4 is 5.32 Å². The van der Waals surface area contributed by atoms with Crippen LogP contribution in [0, 0.1) is 0 Å². The number of carbonyl (C=O) groups is 2. The summed E-state index contributed by atoms with van der Waals surface area (Å²) >= 11 is 7.29. The molecule has 4 nitrogen and oxygen atoms in total. The lowest BCUT2D eigenvalue weighted by molar-refractivity contribution is -0.124. The molecule has 0 aliphatic heterocycles. The fourth-order valence-electron chi connectivity index (χ4n) is 1.36. The Kier molecular flexibility index (Phi) is 3.40. The molecule has 0 aliphatic rings. The van der Waals surface area contributed by atoms with Crippen molar-refractivity contribution in [2.45, 2.75) is 13.3 Å². The van der Waals surface area contributed by atoms with Crippen LogP contribution in [0.3, 0.4) is 0 Å². The van der Waals surface area contributed by atoms with Gasteiger partial charge in [-0.1, -0.05) is 29.0 Å². The van der Waals surface area contributed by atoms with Crippen LogP contribution in [0.25, 0.3) is 10.2 Å². The third-order valence-corrected chi connectivity index (χ3v) is 3.47. The number of hydrogen-bond donors (Lipinski definition) is 1. The lowest BCUT2D eigenvalue weighted by Gasteiger charge is -1.97. The van der Waals surface area contributed by atoms with Gasteiger partial charge in [0.1, 0.15) is 5.78 Å². The number of aromatic nitrogens is 1. The lowest BCUT2D eigenvalue weighted by Crippen LogP contribution is -2.14. The Morgan fingerprint density at radius 1 is 1.47 bits per heavy atom. The highest BCUT2D eigenvalue weighted by Crippen LogP contribution is 2.31. The van der Waals surface area contributed by atoms with Crippen molar-refractivity contribution in [3.8, 4) is 0 Å². The Bertz CT molecular complexity index is 594. The maximum Gasteiger partial charge on any atom is 0.233 e. The third kappa shape index (κ3) is 2.81. The van der Waals surface area contributed by atoms with Crippen LogP contribution in [-0.2, 0) is 9.59 Å². The van der Waals surface area contributed by atoms with E-state index in [1.54, 1.807) is 12.1 Å². The summed E-state index contributed by atoms with van der Waals surface area (Å²) in [5.41, 5.74) is 0.737. The Morgan fingerprint density at radius 2 is 2.24 bits per heavy atom. The first kappa shape index (κ1) is 12.0. The molecular formula is C11H9ClN2O2S. The SMILES string of the molecule is CC(=O)CC(=O)Nc1nc2cccc(Cl)c2s1. The first-order valence-corrected chi connectivity index (χ1v) is 6.10. The van der Waals surface area contributed by atoms with E-state index in [4.69, 9.17) is 11.6 Å². The van der Waals surface area contributed by atoms with Gasteiger partial charge in [-0.3, -0.25) is 9.59 Å². The molecule has 0 unspecified atom stereocenters. The van der Waals surface area contributed by atoms with Gasteiger partial charge in [0, 0.05) is 0 Å². The number of ketones is 1. The second kappa shape index (κ2) is 4.81. The minimum atomic E-state index is -0.354. The van der Waals surface area contributed by atoms with Crippen LogP contribution in [0.2, 0.25) is 5.02 Å². The summed E-state index contributed by atoms with van der Waals surface area (Å²) in [6.45, 7) is 1.37. The zero-order valence-corrected chi connectivity index (χ0v) is 10.6. The van der Waals surface area contributed by atoms with Crippen LogP contribution in [0.15, 0.2) is 18.2 Å². The second-order valence-corrected chi connectivity index (χ2v) is 4.94. The molecule has 17 heavy (non-hydrogen) atoms. The van der Waals surface area contributed by atoms with Crippen molar-refractivity contribution >= 4 is 50.0 Å². The zero-order chi connectivity index (χ0) is 12.4. The molecule has 88 valence electrons. The molecule has 0 atom stereocenters. The molecule has 0 bridgehead atoms. The van der Waals surface area contributed by atoms with Gasteiger partial charge in [0.05, 0.1) is 21.7 Å². The van der Waals surface area contributed by atoms with Gasteiger partial charge in [-0.15, -0.1) is 0 Å². The van der Waals surface area contributed by atoms with Gasteiger partial charge in [-0.2, -0.15) is 0 Å². The van der Waals surface area contributed by atoms with E-state index in [1.165, 1.54) is 18.3 Å². The highest BCUT2D eigenvalue weighted by Gasteiger charge is 2.10. The van der Waals surface area contributed by atoms with E-state index < -0.39 is 0 Å². The van der Waals surface area contributed by atoms with Crippen molar-refractivity contribution in [1.29, 1.82) is 0 Å². The van der Waals surface area contributed by atoms with Crippen molar-refractivity contribution < 1.29 is 9.59 Å². The smallest absolute Gasteiger partial charge is 0.233 e. The summed E-state index contributed by atoms with van der Waals surface area (Å²) in [5, 5.41) is 3.64. The molecular weight excluding hydrogens is 260 g/mol. The molecule has 0 saturated heterocycles. The number of Topliss-reactive ketones (excluding diaryl/α,β-unsaturated/α-hetero) is 1. The molecule has 6 heteroatoms. The third-order valence-electron chi connectivity index (χ3n) is 2.02. The molecule has 1 amide bonds. The molecule has 0 aliphatic carbocycles. The molecule has 0 saturated carbocycles. The molecule has 2 aromatic rings. The van der Waals surface area contributed by atoms with Gasteiger partial charge < -0.3 is 5.32 Å². The van der Waals surface area contributed by atoms with E-state index in [0.29, 0.717) is 10.2 Å². The van der Waals surface area contributed by atoms with Crippen LogP contribution in [0.5, 0.6) is 0 Å². The van der Waals surface area contributed by atoms with Crippen molar-refractivity contribution in [3.05, 3.63) is 23.2 Å². The number of hydrogen-bond acceptors (Lipinski definition) is 4. The average Bonchev–Trinajstić information content (AvgIpc) is 2.60. The summed E-state index contributed by atoms with van der Waals surface area (Å²) < 4.78 is 0.826. The number of halogens is 1. The summed E-state index contributed by atoms with van der Waals surface area (Å²) in [7, 11) is 0. The summed E-state index contributed by atoms with van der Waals surface area (Å²) in [5.74, 6) is -0.533. The van der Waals surface area contributed by atoms with E-state index >= 15 is 0 Å². The minimum Gasteiger partial charge on any atom is -0.302 e. The van der Waals surface area contributed by atoms with E-state index in [9.17, 15) is 9.59 Å². The van der Waals surface area contributed by atoms with Crippen molar-refractivity contribution in [2.75, 3.05) is 5.32 Å². The summed E-state index contributed by atoms with van der Waals surface area (Å²) in [4.78, 5) is 26.4. The van der Waals surface area contributed by atoms with Gasteiger partial charge >= 0.3 is 0 Å². The van der Waals surface area contributed by atoms with Crippen LogP contribution in [0.1, 0.15) is 13.3 Å². The van der Waals surface area contributed by atoms with E-state index in [2.05, 4.69) is 10.3 Å². The molecule has 0 fully saturated rings. The zero-order valence-electron chi connectivity index (χ0n) is 8.99. The maximum absolute atomic E-state index is 11.4. The molecule has 1 aromatic carbocycles. The number of anilines is 1. The van der Waals surface area contributed by atoms with Gasteiger partial charge in [0.15, 0.2) is 5.13 Å². The molecule has 0 radical (unpaired) electrons. The normalized spacial score (nSPS) is 10.5. The number of thiazole rings is 1. The van der Waals surface area contributed by atoms with Gasteiger partial charge in [-0.05, 0) is 19.1 Å². The highest BCUT2D eigenvalue weighted by molar-refractivity contribution is 7.23. The Morgan fingerprint density at radius 3 is 2.88 bits per heavy atom. The molecule has 0 spiro atoms. The molecule has 1 heterocycles. The van der Waals surface area contributed by atoms with Gasteiger partial charge in [0.25, 0.3) is 0 Å². The second-order valence-electron chi connectivity index (χ2n) is 3.53. The largest absolute Gasteiger partial charge is 0.302 e. The standard InChI is InChI=1S/C11H9ClN2O2S/c1-6(15)5-9(16)14-11-13-8-4-2-3-7(12)10(8)17-11/h2-4H,5H2,1H3,(H,13,14,16). The van der Waals surface area contributed by atoms with Gasteiger partial charge in [0.2, 0.25) is 5.91 Å². The quantitative estimate of drug-likeness (QED) is 0.871. The number of nitrogens with one attached hydrogen (secondary N) is 1. The molecule has 2 rings (SSSR count). The average molecular weight is 269 g/mol. The van der Waals surface area contributed by atoms with Crippen molar-refractivity contribution in [2.24, 2.45) is 0 Å². The molecule has 1 N–H and O–H groups in total. The van der Waals surface area contributed by atoms with Crippen molar-refractivity contribution in [1.82, 2.24) is 4.98 Å². The fourth-order valence-corrected chi connectivity index (χ4v) is 2.53. The number of fused-ring (bicyclic) bond motifs is 1. The lowest BCUT2D eigenvalue weighted by atomic mass is 10.3. The predicted octanol–water partition coefficient (Wildman–Crippen LogP) is 2.87. The Hall–Kier alpha value is -1.46. The summed E-state index contributed by atoms with van der Waals surface area (Å²) in [6.07, 6.45) is -0.135. The first-order valence-electron chi connectivity index (χ1n) is 4.90. The highest BCUT2D eigenvalue weighted by atomic mass is 35.5. The Labute approximate surface area is 107 Å². The van der Waals surface area contributed by atoms with Crippen LogP contribution in [0.4, 0.5) is 5.13 Å². The number of carbonyl (C=O) groups excluding carboxylic acids is 2. The molecule has 1 aromatic heterocycles. The van der Waals surface area contributed by atoms with E-state index in [-0.39, 0.29) is 18.1 Å². The first-order chi connectivity index (χ1) is 8.06. The van der Waals surface area contributed by atoms with Crippen molar-refractivity contribution in [3.63, 3.8) is 0 Å². The van der Waals surface area contributed by atoms with E-state index in [0.717, 1.165) is 10.2 Å². The number of amides is 1. The van der Waals surface area contributed by atoms with Crippen LogP contribution in [-0.4, -0.2) is 16.7 Å². The fraction of sp³-hybridized carbons (Fsp3) is 0.182. The van der Waals surface area contributed by atoms with E-state index in [1.807, 2.05) is 6.07 Å². The van der Waals surface area contributed by atoms with Gasteiger partial charge in [-0.25, -0.2) is 4.98 Å². The number of rotatable bonds is 3. The maximum atomic E-state index is 11.4. The summed E-state index contributed by atoms with van der Waals surface area (Å²) in [6, 6.07) is 5.38. The number of nitrogens with zero attached hydrogens (tertiary/aromatic N) is 1.